The van der Waals surface area contributed by atoms with Crippen LogP contribution in [-0.2, 0) is 19.2 Å². The van der Waals surface area contributed by atoms with E-state index in [1.807, 2.05) is 19.9 Å². The fourth-order valence-electron chi connectivity index (χ4n) is 2.22. The van der Waals surface area contributed by atoms with Crippen LogP contribution in [0.25, 0.3) is 0 Å². The summed E-state index contributed by atoms with van der Waals surface area (Å²) < 4.78 is 44.7. The number of nitrogens with zero attached hydrogens (tertiary/aromatic N) is 1. The minimum absolute atomic E-state index is 0.0377. The molecule has 6 nitrogen and oxygen atoms in total. The van der Waals surface area contributed by atoms with Crippen molar-refractivity contribution in [3.63, 3.8) is 0 Å². The number of esters is 1. The Balaban J connectivity index is 3.26. The lowest BCUT2D eigenvalue weighted by atomic mass is 10.1. The average Bonchev–Trinajstić information content (AvgIpc) is 2.61. The second-order valence-electron chi connectivity index (χ2n) is 8.11. The van der Waals surface area contributed by atoms with Crippen LogP contribution < -0.4 is 10.4 Å². The van der Waals surface area contributed by atoms with E-state index in [1.54, 1.807) is 44.3 Å². The van der Waals surface area contributed by atoms with Gasteiger partial charge < -0.3 is 10.1 Å². The Morgan fingerprint density at radius 1 is 1.13 bits per heavy atom. The summed E-state index contributed by atoms with van der Waals surface area (Å²) in [5.74, 6) is -2.97. The van der Waals surface area contributed by atoms with Crippen LogP contribution in [0.2, 0.25) is 0 Å². The van der Waals surface area contributed by atoms with E-state index < -0.39 is 29.8 Å². The van der Waals surface area contributed by atoms with E-state index in [4.69, 9.17) is 9.57 Å². The van der Waals surface area contributed by atoms with Gasteiger partial charge in [0.1, 0.15) is 5.60 Å². The van der Waals surface area contributed by atoms with Crippen molar-refractivity contribution in [2.75, 3.05) is 11.7 Å². The van der Waals surface area contributed by atoms with Crippen LogP contribution in [0.1, 0.15) is 41.0 Å². The van der Waals surface area contributed by atoms with Crippen molar-refractivity contribution in [3.05, 3.63) is 40.9 Å². The van der Waals surface area contributed by atoms with E-state index in [0.29, 0.717) is 10.4 Å². The zero-order valence-corrected chi connectivity index (χ0v) is 19.7. The first-order valence-electron chi connectivity index (χ1n) is 9.64. The van der Waals surface area contributed by atoms with Crippen molar-refractivity contribution >= 4 is 33.5 Å². The second-order valence-corrected chi connectivity index (χ2v) is 9.02. The van der Waals surface area contributed by atoms with E-state index in [0.717, 1.165) is 11.5 Å². The quantitative estimate of drug-likeness (QED) is 0.216. The van der Waals surface area contributed by atoms with Crippen molar-refractivity contribution < 1.29 is 32.3 Å². The number of halogens is 4. The third kappa shape index (κ3) is 10.2. The van der Waals surface area contributed by atoms with Crippen LogP contribution in [0.3, 0.4) is 0 Å². The number of nitrogens with one attached hydrogen (secondary N) is 1. The third-order valence-corrected chi connectivity index (χ3v) is 4.08. The highest BCUT2D eigenvalue weighted by atomic mass is 79.9. The number of benzene rings is 1. The van der Waals surface area contributed by atoms with Crippen molar-refractivity contribution in [2.24, 2.45) is 5.92 Å². The zero-order chi connectivity index (χ0) is 23.8. The Labute approximate surface area is 188 Å². The molecule has 0 aromatic heterocycles. The van der Waals surface area contributed by atoms with Crippen LogP contribution in [0.5, 0.6) is 0 Å². The highest BCUT2D eigenvalue weighted by Gasteiger charge is 2.43. The fraction of sp³-hybridized carbons (Fsp3) is 0.524. The molecular formula is C21H28BrF3N2O4. The first-order valence-corrected chi connectivity index (χ1v) is 10.4. The number of rotatable bonds is 9. The molecule has 1 aromatic rings. The Hall–Kier alpha value is -2.07. The molecule has 0 aliphatic rings. The molecule has 1 rings (SSSR count). The predicted molar refractivity (Wildman–Crippen MR) is 115 cm³/mol. The molecule has 0 fully saturated rings. The molecule has 1 N–H and O–H groups in total. The van der Waals surface area contributed by atoms with Crippen LogP contribution in [0.4, 0.5) is 18.9 Å². The summed E-state index contributed by atoms with van der Waals surface area (Å²) in [5.41, 5.74) is -0.750. The van der Waals surface area contributed by atoms with Gasteiger partial charge in [-0.3, -0.25) is 9.63 Å². The average molecular weight is 509 g/mol. The lowest BCUT2D eigenvalue weighted by molar-refractivity contribution is -0.178. The monoisotopic (exact) mass is 508 g/mol. The molecule has 0 aliphatic carbocycles. The molecule has 0 saturated carbocycles. The zero-order valence-electron chi connectivity index (χ0n) is 18.1. The Morgan fingerprint density at radius 2 is 1.71 bits per heavy atom. The van der Waals surface area contributed by atoms with Crippen molar-refractivity contribution in [1.82, 2.24) is 5.32 Å². The number of alkyl halides is 3. The summed E-state index contributed by atoms with van der Waals surface area (Å²) in [6, 6.07) is 6.30. The number of hydrogen-bond donors (Lipinski definition) is 1. The van der Waals surface area contributed by atoms with Gasteiger partial charge in [-0.1, -0.05) is 41.9 Å². The topological polar surface area (TPSA) is 67.9 Å². The minimum Gasteiger partial charge on any atom is -0.457 e. The van der Waals surface area contributed by atoms with Crippen LogP contribution in [0.15, 0.2) is 40.9 Å². The van der Waals surface area contributed by atoms with Gasteiger partial charge in [-0.05, 0) is 57.4 Å². The maximum atomic E-state index is 12.9. The van der Waals surface area contributed by atoms with Gasteiger partial charge in [0.25, 0.3) is 0 Å². The molecule has 174 valence electrons. The molecular weight excluding hydrogens is 481 g/mol. The largest absolute Gasteiger partial charge is 0.471 e. The first-order chi connectivity index (χ1) is 14.2. The molecule has 1 unspecified atom stereocenters. The van der Waals surface area contributed by atoms with Crippen LogP contribution in [-0.4, -0.2) is 36.4 Å². The molecule has 31 heavy (non-hydrogen) atoms. The normalized spacial score (nSPS) is 13.4. The summed E-state index contributed by atoms with van der Waals surface area (Å²) in [7, 11) is 0. The molecule has 1 aromatic carbocycles. The number of ether oxygens (including phenoxy) is 1. The molecule has 10 heteroatoms. The van der Waals surface area contributed by atoms with Gasteiger partial charge in [-0.2, -0.15) is 13.2 Å². The summed E-state index contributed by atoms with van der Waals surface area (Å²) in [5, 5.41) is 2.58. The molecule has 1 amide bonds. The lowest BCUT2D eigenvalue weighted by Crippen LogP contribution is -2.57. The molecule has 0 radical (unpaired) electrons. The highest BCUT2D eigenvalue weighted by molar-refractivity contribution is 9.10. The van der Waals surface area contributed by atoms with Gasteiger partial charge in [0.15, 0.2) is 0 Å². The summed E-state index contributed by atoms with van der Waals surface area (Å²) in [6.07, 6.45) is -2.73. The second kappa shape index (κ2) is 11.5. The molecule has 0 bridgehead atoms. The lowest BCUT2D eigenvalue weighted by Gasteiger charge is -2.33. The number of carbonyl (C=O) groups is 2. The van der Waals surface area contributed by atoms with Crippen LogP contribution in [0, 0.1) is 5.92 Å². The number of allylic oxidation sites excluding steroid dienone is 1. The number of hydroxylamine groups is 1. The Bertz CT molecular complexity index is 759. The van der Waals surface area contributed by atoms with Crippen LogP contribution >= 0.6 is 15.9 Å². The molecule has 0 saturated heterocycles. The predicted octanol–water partition coefficient (Wildman–Crippen LogP) is 5.14. The van der Waals surface area contributed by atoms with E-state index >= 15 is 0 Å². The van der Waals surface area contributed by atoms with Gasteiger partial charge in [0, 0.05) is 4.47 Å². The molecule has 0 spiro atoms. The van der Waals surface area contributed by atoms with Gasteiger partial charge in [0.2, 0.25) is 6.17 Å². The summed E-state index contributed by atoms with van der Waals surface area (Å²) in [6.45, 7) is 8.71. The number of carbonyl (C=O) groups excluding carboxylic acids is 2. The molecule has 0 heterocycles. The van der Waals surface area contributed by atoms with Gasteiger partial charge in [-0.15, -0.1) is 0 Å². The van der Waals surface area contributed by atoms with Crippen molar-refractivity contribution in [2.45, 2.75) is 59.0 Å². The smallest absolute Gasteiger partial charge is 0.457 e. The summed E-state index contributed by atoms with van der Waals surface area (Å²) >= 11 is 3.27. The SMILES string of the molecule is CC(C)C/C=C/CON(c1ccc(Br)cc1)C(NC(=O)C(F)(F)F)C(=O)OC(C)(C)C. The number of anilines is 1. The van der Waals surface area contributed by atoms with E-state index in [2.05, 4.69) is 15.9 Å². The fourth-order valence-corrected chi connectivity index (χ4v) is 2.49. The van der Waals surface area contributed by atoms with Gasteiger partial charge >= 0.3 is 18.1 Å². The maximum Gasteiger partial charge on any atom is 0.471 e. The molecule has 1 atom stereocenters. The standard InChI is InChI=1S/C21H28BrF3N2O4/c1-14(2)8-6-7-13-30-27(16-11-9-15(22)10-12-16)17(18(28)31-20(3,4)5)26-19(29)21(23,24)25/h6-7,9-12,14,17H,8,13H2,1-5H3,(H,26,29)/b7-6+. The van der Waals surface area contributed by atoms with E-state index in [1.165, 1.54) is 12.1 Å². The van der Waals surface area contributed by atoms with Gasteiger partial charge in [-0.25, -0.2) is 9.86 Å². The molecule has 0 aliphatic heterocycles. The van der Waals surface area contributed by atoms with Crippen molar-refractivity contribution in [1.29, 1.82) is 0 Å². The Morgan fingerprint density at radius 3 is 2.19 bits per heavy atom. The number of amides is 1. The maximum absolute atomic E-state index is 12.9. The van der Waals surface area contributed by atoms with E-state index in [-0.39, 0.29) is 12.3 Å². The first kappa shape index (κ1) is 27.0. The summed E-state index contributed by atoms with van der Waals surface area (Å²) in [4.78, 5) is 30.0. The highest BCUT2D eigenvalue weighted by Crippen LogP contribution is 2.23. The van der Waals surface area contributed by atoms with E-state index in [9.17, 15) is 22.8 Å². The van der Waals surface area contributed by atoms with Crippen molar-refractivity contribution in [3.8, 4) is 0 Å². The Kier molecular flexibility index (Phi) is 10.0. The van der Waals surface area contributed by atoms with Gasteiger partial charge in [0.05, 0.1) is 12.3 Å². The number of hydrogen-bond acceptors (Lipinski definition) is 5. The third-order valence-electron chi connectivity index (χ3n) is 3.55. The minimum atomic E-state index is -5.19.